The normalized spacial score (nSPS) is 22.0. The number of piperidine rings is 1. The summed E-state index contributed by atoms with van der Waals surface area (Å²) in [5.41, 5.74) is 0.975. The Labute approximate surface area is 132 Å². The molecule has 3 rings (SSSR count). The molecule has 2 fully saturated rings. The van der Waals surface area contributed by atoms with Crippen LogP contribution < -0.4 is 0 Å². The van der Waals surface area contributed by atoms with E-state index in [2.05, 4.69) is 11.8 Å². The van der Waals surface area contributed by atoms with Crippen LogP contribution in [0.15, 0.2) is 24.3 Å². The largest absolute Gasteiger partial charge is 0.342 e. The van der Waals surface area contributed by atoms with Crippen LogP contribution >= 0.6 is 0 Å². The summed E-state index contributed by atoms with van der Waals surface area (Å²) >= 11 is 0. The number of hydrogen-bond donors (Lipinski definition) is 0. The predicted octanol–water partition coefficient (Wildman–Crippen LogP) is 4.19. The molecule has 0 bridgehead atoms. The van der Waals surface area contributed by atoms with Crippen molar-refractivity contribution in [3.05, 3.63) is 35.6 Å². The minimum atomic E-state index is -0.153. The summed E-state index contributed by atoms with van der Waals surface area (Å²) in [7, 11) is 0. The fourth-order valence-electron chi connectivity index (χ4n) is 4.09. The van der Waals surface area contributed by atoms with E-state index in [9.17, 15) is 9.18 Å². The van der Waals surface area contributed by atoms with Gasteiger partial charge in [-0.05, 0) is 55.7 Å². The lowest BCUT2D eigenvalue weighted by molar-refractivity contribution is -0.142. The van der Waals surface area contributed by atoms with Crippen molar-refractivity contribution in [3.8, 4) is 0 Å². The van der Waals surface area contributed by atoms with Crippen molar-refractivity contribution < 1.29 is 9.18 Å². The predicted molar refractivity (Wildman–Crippen MR) is 86.0 cm³/mol. The Bertz CT molecular complexity index is 528. The first-order valence-electron chi connectivity index (χ1n) is 8.61. The van der Waals surface area contributed by atoms with Gasteiger partial charge in [0.25, 0.3) is 0 Å². The second-order valence-corrected chi connectivity index (χ2v) is 7.34. The third kappa shape index (κ3) is 3.34. The van der Waals surface area contributed by atoms with Gasteiger partial charge in [0, 0.05) is 18.5 Å². The summed E-state index contributed by atoms with van der Waals surface area (Å²) in [6, 6.07) is 6.91. The summed E-state index contributed by atoms with van der Waals surface area (Å²) in [5.74, 6) is 0.788. The Morgan fingerprint density at radius 1 is 1.27 bits per heavy atom. The van der Waals surface area contributed by atoms with Crippen molar-refractivity contribution in [1.29, 1.82) is 0 Å². The van der Waals surface area contributed by atoms with Crippen molar-refractivity contribution in [1.82, 2.24) is 4.90 Å². The Kier molecular flexibility index (Phi) is 4.51. The Balaban J connectivity index is 1.53. The number of hydrogen-bond acceptors (Lipinski definition) is 1. The third-order valence-corrected chi connectivity index (χ3v) is 5.54. The van der Waals surface area contributed by atoms with E-state index in [0.717, 1.165) is 50.8 Å². The van der Waals surface area contributed by atoms with E-state index < -0.39 is 0 Å². The molecule has 1 aromatic carbocycles. The van der Waals surface area contributed by atoms with Crippen molar-refractivity contribution in [2.45, 2.75) is 51.9 Å². The van der Waals surface area contributed by atoms with E-state index in [0.29, 0.717) is 11.8 Å². The smallest absolute Gasteiger partial charge is 0.228 e. The van der Waals surface area contributed by atoms with Gasteiger partial charge < -0.3 is 4.90 Å². The van der Waals surface area contributed by atoms with Crippen molar-refractivity contribution in [2.75, 3.05) is 13.1 Å². The molecule has 0 unspecified atom stereocenters. The molecule has 2 nitrogen and oxygen atoms in total. The number of amides is 1. The lowest BCUT2D eigenvalue weighted by Gasteiger charge is -2.37. The molecule has 2 aliphatic rings. The molecule has 0 N–H and O–H groups in total. The Morgan fingerprint density at radius 3 is 2.59 bits per heavy atom. The maximum Gasteiger partial charge on any atom is 0.228 e. The number of nitrogens with zero attached hydrogens (tertiary/aromatic N) is 1. The molecule has 0 radical (unpaired) electrons. The monoisotopic (exact) mass is 303 g/mol. The molecule has 0 aromatic heterocycles. The Hall–Kier alpha value is -1.38. The maximum atomic E-state index is 13.3. The van der Waals surface area contributed by atoms with Gasteiger partial charge in [-0.2, -0.15) is 0 Å². The van der Waals surface area contributed by atoms with Crippen LogP contribution in [-0.2, 0) is 11.2 Å². The molecule has 1 amide bonds. The van der Waals surface area contributed by atoms with Gasteiger partial charge in [0.1, 0.15) is 5.82 Å². The van der Waals surface area contributed by atoms with Crippen LogP contribution in [0, 0.1) is 17.2 Å². The molecule has 1 aliphatic carbocycles. The van der Waals surface area contributed by atoms with Gasteiger partial charge in [-0.3, -0.25) is 4.79 Å². The quantitative estimate of drug-likeness (QED) is 0.820. The first-order chi connectivity index (χ1) is 10.6. The highest BCUT2D eigenvalue weighted by atomic mass is 19.1. The molecular weight excluding hydrogens is 277 g/mol. The molecule has 3 heteroatoms. The zero-order chi connectivity index (χ0) is 15.6. The second-order valence-electron chi connectivity index (χ2n) is 7.34. The van der Waals surface area contributed by atoms with Crippen molar-refractivity contribution >= 4 is 5.91 Å². The maximum absolute atomic E-state index is 13.3. The number of carbonyl (C=O) groups is 1. The van der Waals surface area contributed by atoms with Gasteiger partial charge in [0.05, 0.1) is 0 Å². The molecule has 1 aliphatic heterocycles. The number of halogens is 1. The fraction of sp³-hybridized carbons (Fsp3) is 0.632. The first-order valence-corrected chi connectivity index (χ1v) is 8.61. The summed E-state index contributed by atoms with van der Waals surface area (Å²) in [4.78, 5) is 14.8. The van der Waals surface area contributed by atoms with Gasteiger partial charge in [-0.15, -0.1) is 0 Å². The minimum absolute atomic E-state index is 0.102. The van der Waals surface area contributed by atoms with Gasteiger partial charge in [-0.1, -0.05) is 31.9 Å². The van der Waals surface area contributed by atoms with Gasteiger partial charge >= 0.3 is 0 Å². The highest BCUT2D eigenvalue weighted by Gasteiger charge is 2.39. The molecule has 22 heavy (non-hydrogen) atoms. The van der Waals surface area contributed by atoms with E-state index >= 15 is 0 Å². The average Bonchev–Trinajstić information content (AvgIpc) is 2.95. The molecule has 1 saturated carbocycles. The van der Waals surface area contributed by atoms with E-state index in [1.54, 1.807) is 12.1 Å². The van der Waals surface area contributed by atoms with Gasteiger partial charge in [0.2, 0.25) is 5.91 Å². The lowest BCUT2D eigenvalue weighted by atomic mass is 9.84. The van der Waals surface area contributed by atoms with Crippen molar-refractivity contribution in [2.24, 2.45) is 11.3 Å². The topological polar surface area (TPSA) is 20.3 Å². The van der Waals surface area contributed by atoms with Crippen LogP contribution in [0.4, 0.5) is 4.39 Å². The molecular formula is C19H26FNO. The van der Waals surface area contributed by atoms with E-state index in [-0.39, 0.29) is 11.2 Å². The Morgan fingerprint density at radius 2 is 1.95 bits per heavy atom. The van der Waals surface area contributed by atoms with Crippen LogP contribution in [0.25, 0.3) is 0 Å². The number of likely N-dealkylation sites (tertiary alicyclic amines) is 1. The van der Waals surface area contributed by atoms with Gasteiger partial charge in [0.15, 0.2) is 0 Å². The molecule has 0 atom stereocenters. The number of carbonyl (C=O) groups excluding carboxylic acids is 1. The average molecular weight is 303 g/mol. The standard InChI is InChI=1S/C19H26FNO/c1-19(9-2-3-10-19)18(22)21-11-7-15(8-12-21)13-16-5-4-6-17(20)14-16/h4-6,14-15H,2-3,7-13H2,1H3. The van der Waals surface area contributed by atoms with E-state index in [1.807, 2.05) is 6.07 Å². The van der Waals surface area contributed by atoms with Crippen LogP contribution in [0.2, 0.25) is 0 Å². The molecule has 1 aromatic rings. The van der Waals surface area contributed by atoms with E-state index in [4.69, 9.17) is 0 Å². The summed E-state index contributed by atoms with van der Waals surface area (Å²) < 4.78 is 13.3. The van der Waals surface area contributed by atoms with Crippen LogP contribution in [-0.4, -0.2) is 23.9 Å². The minimum Gasteiger partial charge on any atom is -0.342 e. The van der Waals surface area contributed by atoms with Gasteiger partial charge in [-0.25, -0.2) is 4.39 Å². The second kappa shape index (κ2) is 6.39. The van der Waals surface area contributed by atoms with Crippen LogP contribution in [0.5, 0.6) is 0 Å². The zero-order valence-electron chi connectivity index (χ0n) is 13.5. The highest BCUT2D eigenvalue weighted by molar-refractivity contribution is 5.82. The highest BCUT2D eigenvalue weighted by Crippen LogP contribution is 2.40. The van der Waals surface area contributed by atoms with Crippen molar-refractivity contribution in [3.63, 3.8) is 0 Å². The lowest BCUT2D eigenvalue weighted by Crippen LogP contribution is -2.45. The fourth-order valence-corrected chi connectivity index (χ4v) is 4.09. The van der Waals surface area contributed by atoms with E-state index in [1.165, 1.54) is 18.9 Å². The third-order valence-electron chi connectivity index (χ3n) is 5.54. The molecule has 120 valence electrons. The number of rotatable bonds is 3. The molecule has 1 heterocycles. The molecule has 0 spiro atoms. The summed E-state index contributed by atoms with van der Waals surface area (Å²) in [6.07, 6.45) is 7.49. The van der Waals surface area contributed by atoms with Crippen LogP contribution in [0.3, 0.4) is 0 Å². The molecule has 1 saturated heterocycles. The zero-order valence-corrected chi connectivity index (χ0v) is 13.5. The first kappa shape index (κ1) is 15.5. The summed E-state index contributed by atoms with van der Waals surface area (Å²) in [5, 5.41) is 0. The number of benzene rings is 1. The SMILES string of the molecule is CC1(C(=O)N2CCC(Cc3cccc(F)c3)CC2)CCCC1. The summed E-state index contributed by atoms with van der Waals surface area (Å²) in [6.45, 7) is 3.88. The van der Waals surface area contributed by atoms with Crippen LogP contribution in [0.1, 0.15) is 51.0 Å².